The molecule has 1 aromatic carbocycles. The summed E-state index contributed by atoms with van der Waals surface area (Å²) in [6.07, 6.45) is 2.55. The fraction of sp³-hybridized carbons (Fsp3) is 0.579. The Morgan fingerprint density at radius 2 is 2.28 bits per heavy atom. The summed E-state index contributed by atoms with van der Waals surface area (Å²) < 4.78 is 5.38. The highest BCUT2D eigenvalue weighted by Gasteiger charge is 2.36. The van der Waals surface area contributed by atoms with Gasteiger partial charge >= 0.3 is 0 Å². The molecule has 0 aliphatic carbocycles. The summed E-state index contributed by atoms with van der Waals surface area (Å²) >= 11 is 0. The van der Waals surface area contributed by atoms with Crippen molar-refractivity contribution in [1.82, 2.24) is 10.6 Å². The summed E-state index contributed by atoms with van der Waals surface area (Å²) in [5, 5.41) is 6.39. The average molecular weight is 345 g/mol. The van der Waals surface area contributed by atoms with Crippen LogP contribution in [-0.2, 0) is 9.59 Å². The fourth-order valence-corrected chi connectivity index (χ4v) is 3.61. The predicted octanol–water partition coefficient (Wildman–Crippen LogP) is 1.47. The second-order valence-corrected chi connectivity index (χ2v) is 7.04. The number of nitrogens with zero attached hydrogens (tertiary/aromatic N) is 1. The molecule has 2 N–H and O–H groups in total. The molecule has 0 saturated carbocycles. The smallest absolute Gasteiger partial charge is 0.227 e. The highest BCUT2D eigenvalue weighted by Crippen LogP contribution is 2.33. The summed E-state index contributed by atoms with van der Waals surface area (Å²) in [6.45, 7) is 5.09. The molecular formula is C19H27N3O3. The highest BCUT2D eigenvalue weighted by molar-refractivity contribution is 6.01. The van der Waals surface area contributed by atoms with Crippen molar-refractivity contribution in [1.29, 1.82) is 0 Å². The van der Waals surface area contributed by atoms with Gasteiger partial charge in [0.05, 0.1) is 18.7 Å². The van der Waals surface area contributed by atoms with Crippen LogP contribution < -0.4 is 20.3 Å². The van der Waals surface area contributed by atoms with Crippen molar-refractivity contribution in [2.75, 3.05) is 38.2 Å². The molecule has 0 aromatic heterocycles. The number of anilines is 1. The lowest BCUT2D eigenvalue weighted by molar-refractivity contribution is -0.126. The molecule has 6 nitrogen and oxygen atoms in total. The van der Waals surface area contributed by atoms with Gasteiger partial charge in [0.2, 0.25) is 11.8 Å². The number of hydrogen-bond acceptors (Lipinski definition) is 4. The molecule has 2 unspecified atom stereocenters. The van der Waals surface area contributed by atoms with Crippen LogP contribution >= 0.6 is 0 Å². The van der Waals surface area contributed by atoms with Gasteiger partial charge in [0.15, 0.2) is 0 Å². The van der Waals surface area contributed by atoms with Crippen LogP contribution in [0.3, 0.4) is 0 Å². The third kappa shape index (κ3) is 4.12. The van der Waals surface area contributed by atoms with E-state index in [1.807, 2.05) is 25.1 Å². The van der Waals surface area contributed by atoms with Gasteiger partial charge in [-0.2, -0.15) is 0 Å². The zero-order chi connectivity index (χ0) is 17.8. The predicted molar refractivity (Wildman–Crippen MR) is 96.8 cm³/mol. The number of carbonyl (C=O) groups excluding carboxylic acids is 2. The van der Waals surface area contributed by atoms with Crippen LogP contribution in [0.5, 0.6) is 5.75 Å². The largest absolute Gasteiger partial charge is 0.495 e. The van der Waals surface area contributed by atoms with Crippen LogP contribution in [0.1, 0.15) is 24.8 Å². The molecule has 6 heteroatoms. The molecule has 2 amide bonds. The van der Waals surface area contributed by atoms with Crippen molar-refractivity contribution in [2.45, 2.75) is 26.2 Å². The van der Waals surface area contributed by atoms with Crippen molar-refractivity contribution in [2.24, 2.45) is 11.8 Å². The number of aryl methyl sites for hydroxylation is 1. The SMILES string of the molecule is COc1ccc(C)cc1N1CC(C(=O)NCC2CCCNC2)CC1=O. The lowest BCUT2D eigenvalue weighted by atomic mass is 9.99. The number of hydrogen-bond donors (Lipinski definition) is 2. The molecule has 2 saturated heterocycles. The maximum absolute atomic E-state index is 12.5. The maximum atomic E-state index is 12.5. The zero-order valence-electron chi connectivity index (χ0n) is 15.0. The number of carbonyl (C=O) groups is 2. The Morgan fingerprint density at radius 3 is 3.00 bits per heavy atom. The lowest BCUT2D eigenvalue weighted by Crippen LogP contribution is -2.40. The Balaban J connectivity index is 1.62. The minimum absolute atomic E-state index is 0.0203. The second-order valence-electron chi connectivity index (χ2n) is 7.04. The first-order chi connectivity index (χ1) is 12.1. The van der Waals surface area contributed by atoms with Crippen LogP contribution in [0.4, 0.5) is 5.69 Å². The molecule has 0 spiro atoms. The van der Waals surface area contributed by atoms with Crippen LogP contribution in [0.15, 0.2) is 18.2 Å². The minimum atomic E-state index is -0.297. The van der Waals surface area contributed by atoms with Gasteiger partial charge in [-0.05, 0) is 56.5 Å². The molecule has 136 valence electrons. The van der Waals surface area contributed by atoms with Crippen molar-refractivity contribution >= 4 is 17.5 Å². The number of rotatable bonds is 5. The standard InChI is InChI=1S/C19H27N3O3/c1-13-5-6-17(25-2)16(8-13)22-12-15(9-18(22)23)19(24)21-11-14-4-3-7-20-10-14/h5-6,8,14-15,20H,3-4,7,9-12H2,1-2H3,(H,21,24). The molecule has 1 aromatic rings. The Hall–Kier alpha value is -2.08. The summed E-state index contributed by atoms with van der Waals surface area (Å²) in [6, 6.07) is 5.75. The number of amides is 2. The van der Waals surface area contributed by atoms with E-state index in [4.69, 9.17) is 4.74 Å². The zero-order valence-corrected chi connectivity index (χ0v) is 15.0. The third-order valence-electron chi connectivity index (χ3n) is 5.08. The molecule has 0 bridgehead atoms. The van der Waals surface area contributed by atoms with E-state index in [-0.39, 0.29) is 24.2 Å². The number of ether oxygens (including phenoxy) is 1. The summed E-state index contributed by atoms with van der Waals surface area (Å²) in [4.78, 5) is 26.6. The topological polar surface area (TPSA) is 70.7 Å². The van der Waals surface area contributed by atoms with E-state index >= 15 is 0 Å². The average Bonchev–Trinajstić information content (AvgIpc) is 3.02. The summed E-state index contributed by atoms with van der Waals surface area (Å²) in [5.41, 5.74) is 1.81. The number of nitrogens with one attached hydrogen (secondary N) is 2. The van der Waals surface area contributed by atoms with E-state index in [2.05, 4.69) is 10.6 Å². The monoisotopic (exact) mass is 345 g/mol. The first kappa shape index (κ1) is 17.7. The maximum Gasteiger partial charge on any atom is 0.227 e. The highest BCUT2D eigenvalue weighted by atomic mass is 16.5. The van der Waals surface area contributed by atoms with Crippen LogP contribution in [0.2, 0.25) is 0 Å². The Morgan fingerprint density at radius 1 is 1.44 bits per heavy atom. The van der Waals surface area contributed by atoms with Crippen molar-refractivity contribution in [3.63, 3.8) is 0 Å². The Labute approximate surface area is 148 Å². The molecule has 2 heterocycles. The van der Waals surface area contributed by atoms with Crippen LogP contribution in [0.25, 0.3) is 0 Å². The van der Waals surface area contributed by atoms with Crippen molar-refractivity contribution < 1.29 is 14.3 Å². The quantitative estimate of drug-likeness (QED) is 0.848. The molecule has 25 heavy (non-hydrogen) atoms. The van der Waals surface area contributed by atoms with E-state index in [1.165, 1.54) is 0 Å². The molecule has 3 rings (SSSR count). The Kier molecular flexibility index (Phi) is 5.58. The first-order valence-electron chi connectivity index (χ1n) is 9.02. The summed E-state index contributed by atoms with van der Waals surface area (Å²) in [5.74, 6) is 0.807. The fourth-order valence-electron chi connectivity index (χ4n) is 3.61. The molecular weight excluding hydrogens is 318 g/mol. The van der Waals surface area contributed by atoms with Gasteiger partial charge in [0.25, 0.3) is 0 Å². The van der Waals surface area contributed by atoms with E-state index in [0.29, 0.717) is 24.8 Å². The van der Waals surface area contributed by atoms with E-state index in [9.17, 15) is 9.59 Å². The number of methoxy groups -OCH3 is 1. The molecule has 2 aliphatic rings. The van der Waals surface area contributed by atoms with Gasteiger partial charge in [-0.15, -0.1) is 0 Å². The van der Waals surface area contributed by atoms with Gasteiger partial charge < -0.3 is 20.3 Å². The Bertz CT molecular complexity index is 641. The second kappa shape index (κ2) is 7.87. The molecule has 2 aliphatic heterocycles. The first-order valence-corrected chi connectivity index (χ1v) is 9.02. The van der Waals surface area contributed by atoms with Crippen molar-refractivity contribution in [3.8, 4) is 5.75 Å². The van der Waals surface area contributed by atoms with E-state index in [1.54, 1.807) is 12.0 Å². The summed E-state index contributed by atoms with van der Waals surface area (Å²) in [7, 11) is 1.59. The third-order valence-corrected chi connectivity index (χ3v) is 5.08. The molecule has 2 fully saturated rings. The number of benzene rings is 1. The molecule has 0 radical (unpaired) electrons. The van der Waals surface area contributed by atoms with E-state index in [0.717, 1.165) is 37.2 Å². The van der Waals surface area contributed by atoms with Gasteiger partial charge in [-0.3, -0.25) is 9.59 Å². The van der Waals surface area contributed by atoms with Crippen LogP contribution in [0, 0.1) is 18.8 Å². The van der Waals surface area contributed by atoms with Crippen molar-refractivity contribution in [3.05, 3.63) is 23.8 Å². The minimum Gasteiger partial charge on any atom is -0.495 e. The van der Waals surface area contributed by atoms with Gasteiger partial charge in [0, 0.05) is 19.5 Å². The van der Waals surface area contributed by atoms with E-state index < -0.39 is 0 Å². The lowest BCUT2D eigenvalue weighted by Gasteiger charge is -2.23. The van der Waals surface area contributed by atoms with Gasteiger partial charge in [-0.1, -0.05) is 6.07 Å². The van der Waals surface area contributed by atoms with Gasteiger partial charge in [-0.25, -0.2) is 0 Å². The van der Waals surface area contributed by atoms with Gasteiger partial charge in [0.1, 0.15) is 5.75 Å². The molecule has 2 atom stereocenters. The van der Waals surface area contributed by atoms with Crippen LogP contribution in [-0.4, -0.2) is 45.1 Å². The normalized spacial score (nSPS) is 23.6. The number of piperidine rings is 1.